The number of benzene rings is 1. The first kappa shape index (κ1) is 15.1. The Hall–Kier alpha value is -1.76. The van der Waals surface area contributed by atoms with E-state index in [-0.39, 0.29) is 18.1 Å². The Bertz CT molecular complexity index is 644. The Balaban J connectivity index is 1.77. The quantitative estimate of drug-likeness (QED) is 0.942. The summed E-state index contributed by atoms with van der Waals surface area (Å²) in [5.74, 6) is -0.0490. The number of carbonyl (C=O) groups is 1. The molecule has 2 heterocycles. The molecule has 5 nitrogen and oxygen atoms in total. The SMILES string of the molecule is C[C@H]1CN(C(=O)c2csc(CN)n2)C[C@H](c2ccccc2)O1. The zero-order valence-electron chi connectivity index (χ0n) is 12.4. The number of ether oxygens (including phenoxy) is 1. The normalized spacial score (nSPS) is 21.8. The zero-order chi connectivity index (χ0) is 15.5. The number of carbonyl (C=O) groups excluding carboxylic acids is 1. The highest BCUT2D eigenvalue weighted by atomic mass is 32.1. The molecule has 0 bridgehead atoms. The third kappa shape index (κ3) is 3.19. The van der Waals surface area contributed by atoms with Crippen LogP contribution in [0.1, 0.15) is 34.1 Å². The molecule has 0 aliphatic carbocycles. The molecule has 0 radical (unpaired) electrons. The lowest BCUT2D eigenvalue weighted by atomic mass is 10.1. The van der Waals surface area contributed by atoms with Crippen LogP contribution in [-0.2, 0) is 11.3 Å². The van der Waals surface area contributed by atoms with Crippen LogP contribution in [0.15, 0.2) is 35.7 Å². The second-order valence-electron chi connectivity index (χ2n) is 5.39. The number of aromatic nitrogens is 1. The summed E-state index contributed by atoms with van der Waals surface area (Å²) in [5.41, 5.74) is 7.13. The summed E-state index contributed by atoms with van der Waals surface area (Å²) < 4.78 is 5.98. The van der Waals surface area contributed by atoms with E-state index in [2.05, 4.69) is 4.98 Å². The maximum Gasteiger partial charge on any atom is 0.273 e. The van der Waals surface area contributed by atoms with E-state index in [1.165, 1.54) is 11.3 Å². The van der Waals surface area contributed by atoms with Crippen LogP contribution < -0.4 is 5.73 Å². The molecule has 0 saturated carbocycles. The van der Waals surface area contributed by atoms with Gasteiger partial charge in [-0.15, -0.1) is 11.3 Å². The molecule has 1 fully saturated rings. The van der Waals surface area contributed by atoms with Crippen LogP contribution >= 0.6 is 11.3 Å². The fraction of sp³-hybridized carbons (Fsp3) is 0.375. The van der Waals surface area contributed by atoms with Crippen molar-refractivity contribution in [1.29, 1.82) is 0 Å². The van der Waals surface area contributed by atoms with Crippen molar-refractivity contribution in [3.05, 3.63) is 52.0 Å². The minimum Gasteiger partial charge on any atom is -0.367 e. The molecule has 1 aliphatic heterocycles. The van der Waals surface area contributed by atoms with Gasteiger partial charge in [0.2, 0.25) is 0 Å². The monoisotopic (exact) mass is 317 g/mol. The first-order chi connectivity index (χ1) is 10.7. The second-order valence-corrected chi connectivity index (χ2v) is 6.33. The average molecular weight is 317 g/mol. The van der Waals surface area contributed by atoms with Crippen LogP contribution in [0.4, 0.5) is 0 Å². The van der Waals surface area contributed by atoms with Crippen molar-refractivity contribution in [2.45, 2.75) is 25.7 Å². The molecule has 2 aromatic rings. The highest BCUT2D eigenvalue weighted by Gasteiger charge is 2.30. The highest BCUT2D eigenvalue weighted by molar-refractivity contribution is 7.09. The molecule has 116 valence electrons. The van der Waals surface area contributed by atoms with Crippen LogP contribution in [0.2, 0.25) is 0 Å². The van der Waals surface area contributed by atoms with Gasteiger partial charge in [0.15, 0.2) is 0 Å². The number of amides is 1. The van der Waals surface area contributed by atoms with Crippen molar-refractivity contribution < 1.29 is 9.53 Å². The molecular weight excluding hydrogens is 298 g/mol. The average Bonchev–Trinajstić information content (AvgIpc) is 3.03. The molecule has 0 spiro atoms. The van der Waals surface area contributed by atoms with Gasteiger partial charge in [-0.05, 0) is 12.5 Å². The second kappa shape index (κ2) is 6.56. The van der Waals surface area contributed by atoms with Gasteiger partial charge in [0.25, 0.3) is 5.91 Å². The first-order valence-electron chi connectivity index (χ1n) is 7.31. The van der Waals surface area contributed by atoms with Crippen molar-refractivity contribution in [2.24, 2.45) is 5.73 Å². The van der Waals surface area contributed by atoms with Gasteiger partial charge in [-0.3, -0.25) is 4.79 Å². The molecule has 22 heavy (non-hydrogen) atoms. The van der Waals surface area contributed by atoms with Gasteiger partial charge in [0, 0.05) is 18.5 Å². The Morgan fingerprint density at radius 3 is 2.86 bits per heavy atom. The van der Waals surface area contributed by atoms with Crippen molar-refractivity contribution in [2.75, 3.05) is 13.1 Å². The van der Waals surface area contributed by atoms with Crippen molar-refractivity contribution in [3.63, 3.8) is 0 Å². The number of hydrogen-bond donors (Lipinski definition) is 1. The summed E-state index contributed by atoms with van der Waals surface area (Å²) in [7, 11) is 0. The molecule has 1 amide bonds. The van der Waals surface area contributed by atoms with E-state index >= 15 is 0 Å². The van der Waals surface area contributed by atoms with Crippen LogP contribution in [0.5, 0.6) is 0 Å². The molecule has 0 unspecified atom stereocenters. The number of hydrogen-bond acceptors (Lipinski definition) is 5. The Labute approximate surface area is 133 Å². The number of nitrogens with two attached hydrogens (primary N) is 1. The summed E-state index contributed by atoms with van der Waals surface area (Å²) in [4.78, 5) is 18.7. The third-order valence-electron chi connectivity index (χ3n) is 3.66. The highest BCUT2D eigenvalue weighted by Crippen LogP contribution is 2.26. The molecule has 2 atom stereocenters. The maximum absolute atomic E-state index is 12.6. The lowest BCUT2D eigenvalue weighted by Crippen LogP contribution is -2.46. The number of morpholine rings is 1. The van der Waals surface area contributed by atoms with Crippen molar-refractivity contribution >= 4 is 17.2 Å². The van der Waals surface area contributed by atoms with E-state index in [1.54, 1.807) is 5.38 Å². The summed E-state index contributed by atoms with van der Waals surface area (Å²) in [6.45, 7) is 3.48. The molecule has 1 saturated heterocycles. The van der Waals surface area contributed by atoms with Crippen LogP contribution in [-0.4, -0.2) is 35.0 Å². The van der Waals surface area contributed by atoms with Gasteiger partial charge < -0.3 is 15.4 Å². The van der Waals surface area contributed by atoms with E-state index in [4.69, 9.17) is 10.5 Å². The smallest absolute Gasteiger partial charge is 0.273 e. The van der Waals surface area contributed by atoms with E-state index in [0.717, 1.165) is 10.6 Å². The molecule has 2 N–H and O–H groups in total. The minimum atomic E-state index is -0.0958. The molecule has 1 aromatic heterocycles. The number of rotatable bonds is 3. The van der Waals surface area contributed by atoms with E-state index in [0.29, 0.717) is 25.3 Å². The lowest BCUT2D eigenvalue weighted by Gasteiger charge is -2.36. The van der Waals surface area contributed by atoms with Crippen LogP contribution in [0.3, 0.4) is 0 Å². The fourth-order valence-corrected chi connectivity index (χ4v) is 3.28. The van der Waals surface area contributed by atoms with Crippen molar-refractivity contribution in [3.8, 4) is 0 Å². The topological polar surface area (TPSA) is 68.5 Å². The molecule has 3 rings (SSSR count). The molecular formula is C16H19N3O2S. The fourth-order valence-electron chi connectivity index (χ4n) is 2.63. The van der Waals surface area contributed by atoms with Crippen LogP contribution in [0.25, 0.3) is 0 Å². The molecule has 6 heteroatoms. The maximum atomic E-state index is 12.6. The summed E-state index contributed by atoms with van der Waals surface area (Å²) in [6, 6.07) is 10.00. The van der Waals surface area contributed by atoms with Gasteiger partial charge in [-0.25, -0.2) is 4.98 Å². The van der Waals surface area contributed by atoms with Gasteiger partial charge >= 0.3 is 0 Å². The largest absolute Gasteiger partial charge is 0.367 e. The molecule has 1 aliphatic rings. The summed E-state index contributed by atoms with van der Waals surface area (Å²) >= 11 is 1.42. The predicted octanol–water partition coefficient (Wildman–Crippen LogP) is 2.20. The predicted molar refractivity (Wildman–Crippen MR) is 85.6 cm³/mol. The molecule has 1 aromatic carbocycles. The van der Waals surface area contributed by atoms with Gasteiger partial charge in [-0.1, -0.05) is 30.3 Å². The van der Waals surface area contributed by atoms with Gasteiger partial charge in [0.1, 0.15) is 16.8 Å². The Kier molecular flexibility index (Phi) is 4.52. The standard InChI is InChI=1S/C16H19N3O2S/c1-11-8-19(16(20)13-10-22-15(7-17)18-13)9-14(21-11)12-5-3-2-4-6-12/h2-6,10-11,14H,7-9,17H2,1H3/t11-,14+/m0/s1. The van der Waals surface area contributed by atoms with E-state index < -0.39 is 0 Å². The third-order valence-corrected chi connectivity index (χ3v) is 4.54. The Morgan fingerprint density at radius 2 is 2.18 bits per heavy atom. The minimum absolute atomic E-state index is 0.00415. The number of nitrogens with zero attached hydrogens (tertiary/aromatic N) is 2. The summed E-state index contributed by atoms with van der Waals surface area (Å²) in [5, 5.41) is 2.56. The van der Waals surface area contributed by atoms with Gasteiger partial charge in [-0.2, -0.15) is 0 Å². The zero-order valence-corrected chi connectivity index (χ0v) is 13.3. The van der Waals surface area contributed by atoms with Crippen LogP contribution in [0, 0.1) is 0 Å². The van der Waals surface area contributed by atoms with Crippen molar-refractivity contribution in [1.82, 2.24) is 9.88 Å². The van der Waals surface area contributed by atoms with Gasteiger partial charge in [0.05, 0.1) is 12.6 Å². The van der Waals surface area contributed by atoms with E-state index in [9.17, 15) is 4.79 Å². The number of thiazole rings is 1. The Morgan fingerprint density at radius 1 is 1.41 bits per heavy atom. The lowest BCUT2D eigenvalue weighted by molar-refractivity contribution is -0.0692. The van der Waals surface area contributed by atoms with E-state index in [1.807, 2.05) is 42.2 Å². The first-order valence-corrected chi connectivity index (χ1v) is 8.19. The summed E-state index contributed by atoms with van der Waals surface area (Å²) in [6.07, 6.45) is -0.1000.